The second-order valence-electron chi connectivity index (χ2n) is 6.59. The molecule has 16 heavy (non-hydrogen) atoms. The molecule has 3 saturated carbocycles. The largest absolute Gasteiger partial charge is 0.481 e. The van der Waals surface area contributed by atoms with Crippen LogP contribution in [0.5, 0.6) is 0 Å². The van der Waals surface area contributed by atoms with Crippen molar-refractivity contribution < 1.29 is 9.90 Å². The van der Waals surface area contributed by atoms with Gasteiger partial charge in [0.05, 0.1) is 5.92 Å². The average Bonchev–Trinajstić information content (AvgIpc) is 2.74. The Balaban J connectivity index is 1.55. The van der Waals surface area contributed by atoms with E-state index in [9.17, 15) is 9.90 Å². The Bertz CT molecular complexity index is 342. The van der Waals surface area contributed by atoms with Crippen molar-refractivity contribution in [2.45, 2.75) is 38.1 Å². The van der Waals surface area contributed by atoms with Crippen molar-refractivity contribution in [3.63, 3.8) is 0 Å². The van der Waals surface area contributed by atoms with Crippen LogP contribution in [-0.2, 0) is 4.79 Å². The summed E-state index contributed by atoms with van der Waals surface area (Å²) in [5.41, 5.74) is 0.658. The standard InChI is InChI=1S/C13H19NO2/c15-12(16)10-8-1-2-9(5-8)11(10)14-6-13(7-14)3-4-13/h8-11H,1-7H2,(H,15,16). The van der Waals surface area contributed by atoms with Crippen LogP contribution in [0.15, 0.2) is 0 Å². The second-order valence-corrected chi connectivity index (χ2v) is 6.59. The van der Waals surface area contributed by atoms with Gasteiger partial charge in [-0.05, 0) is 49.4 Å². The number of nitrogens with zero attached hydrogens (tertiary/aromatic N) is 1. The Morgan fingerprint density at radius 1 is 1.19 bits per heavy atom. The summed E-state index contributed by atoms with van der Waals surface area (Å²) in [7, 11) is 0. The molecule has 0 aromatic heterocycles. The monoisotopic (exact) mass is 221 g/mol. The van der Waals surface area contributed by atoms with Gasteiger partial charge in [-0.3, -0.25) is 9.69 Å². The van der Waals surface area contributed by atoms with Crippen LogP contribution >= 0.6 is 0 Å². The third kappa shape index (κ3) is 1.10. The van der Waals surface area contributed by atoms with E-state index >= 15 is 0 Å². The lowest BCUT2D eigenvalue weighted by Crippen LogP contribution is -2.58. The van der Waals surface area contributed by atoms with E-state index in [1.165, 1.54) is 38.8 Å². The number of fused-ring (bicyclic) bond motifs is 2. The molecule has 3 nitrogen and oxygen atoms in total. The molecule has 88 valence electrons. The minimum Gasteiger partial charge on any atom is -0.481 e. The highest BCUT2D eigenvalue weighted by Crippen LogP contribution is 2.58. The average molecular weight is 221 g/mol. The van der Waals surface area contributed by atoms with Gasteiger partial charge in [0, 0.05) is 19.1 Å². The number of rotatable bonds is 2. The third-order valence-electron chi connectivity index (χ3n) is 5.61. The van der Waals surface area contributed by atoms with Gasteiger partial charge in [-0.1, -0.05) is 0 Å². The first-order valence-electron chi connectivity index (χ1n) is 6.65. The molecular formula is C13H19NO2. The fourth-order valence-electron chi connectivity index (χ4n) is 4.65. The number of likely N-dealkylation sites (tertiary alicyclic amines) is 1. The van der Waals surface area contributed by atoms with E-state index in [-0.39, 0.29) is 5.92 Å². The molecule has 4 unspecified atom stereocenters. The lowest BCUT2D eigenvalue weighted by Gasteiger charge is -2.48. The van der Waals surface area contributed by atoms with E-state index in [0.29, 0.717) is 23.3 Å². The zero-order valence-corrected chi connectivity index (χ0v) is 9.56. The van der Waals surface area contributed by atoms with Crippen LogP contribution in [0.25, 0.3) is 0 Å². The summed E-state index contributed by atoms with van der Waals surface area (Å²) in [6.45, 7) is 2.40. The summed E-state index contributed by atoms with van der Waals surface area (Å²) in [6, 6.07) is 0.391. The molecule has 0 aromatic rings. The molecule has 1 aliphatic heterocycles. The number of carbonyl (C=O) groups is 1. The van der Waals surface area contributed by atoms with Gasteiger partial charge in [0.2, 0.25) is 0 Å². The summed E-state index contributed by atoms with van der Waals surface area (Å²) >= 11 is 0. The molecule has 1 spiro atoms. The van der Waals surface area contributed by atoms with Gasteiger partial charge in [-0.15, -0.1) is 0 Å². The third-order valence-corrected chi connectivity index (χ3v) is 5.61. The zero-order valence-electron chi connectivity index (χ0n) is 9.56. The quantitative estimate of drug-likeness (QED) is 0.769. The molecule has 4 rings (SSSR count). The van der Waals surface area contributed by atoms with Crippen molar-refractivity contribution in [3.8, 4) is 0 Å². The minimum absolute atomic E-state index is 0.0464. The molecule has 3 aliphatic carbocycles. The minimum atomic E-state index is -0.533. The summed E-state index contributed by atoms with van der Waals surface area (Å²) < 4.78 is 0. The van der Waals surface area contributed by atoms with Crippen molar-refractivity contribution in [2.24, 2.45) is 23.2 Å². The fourth-order valence-corrected chi connectivity index (χ4v) is 4.65. The van der Waals surface area contributed by atoms with Gasteiger partial charge in [0.25, 0.3) is 0 Å². The SMILES string of the molecule is O=C(O)C1C2CCC(C2)C1N1CC2(CC2)C1. The van der Waals surface area contributed by atoms with Crippen LogP contribution in [0.4, 0.5) is 0 Å². The van der Waals surface area contributed by atoms with Crippen LogP contribution in [0.2, 0.25) is 0 Å². The van der Waals surface area contributed by atoms with E-state index in [2.05, 4.69) is 4.90 Å². The van der Waals surface area contributed by atoms with Crippen LogP contribution in [-0.4, -0.2) is 35.1 Å². The van der Waals surface area contributed by atoms with Crippen molar-refractivity contribution in [1.29, 1.82) is 0 Å². The van der Waals surface area contributed by atoms with Gasteiger partial charge in [-0.25, -0.2) is 0 Å². The summed E-state index contributed by atoms with van der Waals surface area (Å²) in [5, 5.41) is 9.39. The maximum Gasteiger partial charge on any atom is 0.308 e. The lowest BCUT2D eigenvalue weighted by molar-refractivity contribution is -0.148. The topological polar surface area (TPSA) is 40.5 Å². The predicted molar refractivity (Wildman–Crippen MR) is 59.0 cm³/mol. The van der Waals surface area contributed by atoms with Gasteiger partial charge >= 0.3 is 5.97 Å². The maximum atomic E-state index is 11.4. The van der Waals surface area contributed by atoms with Crippen LogP contribution in [0.1, 0.15) is 32.1 Å². The van der Waals surface area contributed by atoms with E-state index in [1.807, 2.05) is 0 Å². The molecule has 1 saturated heterocycles. The number of carboxylic acids is 1. The summed E-state index contributed by atoms with van der Waals surface area (Å²) in [6.07, 6.45) is 6.41. The lowest BCUT2D eigenvalue weighted by atomic mass is 9.80. The molecule has 0 aromatic carbocycles. The molecule has 1 N–H and O–H groups in total. The van der Waals surface area contributed by atoms with E-state index < -0.39 is 5.97 Å². The number of hydrogen-bond acceptors (Lipinski definition) is 2. The van der Waals surface area contributed by atoms with E-state index in [4.69, 9.17) is 0 Å². The highest BCUT2D eigenvalue weighted by molar-refractivity contribution is 5.72. The Kier molecular flexibility index (Phi) is 1.66. The van der Waals surface area contributed by atoms with Crippen LogP contribution in [0, 0.1) is 23.2 Å². The van der Waals surface area contributed by atoms with Crippen molar-refractivity contribution in [3.05, 3.63) is 0 Å². The van der Waals surface area contributed by atoms with Crippen molar-refractivity contribution >= 4 is 5.97 Å². The first-order valence-corrected chi connectivity index (χ1v) is 6.65. The Labute approximate surface area is 95.8 Å². The van der Waals surface area contributed by atoms with Gasteiger partial charge in [0.15, 0.2) is 0 Å². The molecule has 3 heteroatoms. The normalized spacial score (nSPS) is 48.2. The van der Waals surface area contributed by atoms with Crippen molar-refractivity contribution in [1.82, 2.24) is 4.90 Å². The van der Waals surface area contributed by atoms with Crippen molar-refractivity contribution in [2.75, 3.05) is 13.1 Å². The predicted octanol–water partition coefficient (Wildman–Crippen LogP) is 1.58. The van der Waals surface area contributed by atoms with E-state index in [1.54, 1.807) is 0 Å². The second kappa shape index (κ2) is 2.81. The summed E-state index contributed by atoms with van der Waals surface area (Å²) in [4.78, 5) is 13.9. The Hall–Kier alpha value is -0.570. The number of aliphatic carboxylic acids is 1. The first-order chi connectivity index (χ1) is 7.69. The maximum absolute atomic E-state index is 11.4. The fraction of sp³-hybridized carbons (Fsp3) is 0.923. The molecule has 1 heterocycles. The van der Waals surface area contributed by atoms with E-state index in [0.717, 1.165) is 6.42 Å². The van der Waals surface area contributed by atoms with Crippen LogP contribution < -0.4 is 0 Å². The Morgan fingerprint density at radius 3 is 2.50 bits per heavy atom. The molecule has 0 radical (unpaired) electrons. The molecule has 0 amide bonds. The van der Waals surface area contributed by atoms with Gasteiger partial charge < -0.3 is 5.11 Å². The molecule has 4 aliphatic rings. The first kappa shape index (κ1) is 9.46. The Morgan fingerprint density at radius 2 is 1.88 bits per heavy atom. The number of carboxylic acid groups (broad SMARTS) is 1. The smallest absolute Gasteiger partial charge is 0.308 e. The van der Waals surface area contributed by atoms with Crippen LogP contribution in [0.3, 0.4) is 0 Å². The molecule has 2 bridgehead atoms. The van der Waals surface area contributed by atoms with Gasteiger partial charge in [-0.2, -0.15) is 0 Å². The van der Waals surface area contributed by atoms with Gasteiger partial charge in [0.1, 0.15) is 0 Å². The molecular weight excluding hydrogens is 202 g/mol. The highest BCUT2D eigenvalue weighted by atomic mass is 16.4. The summed E-state index contributed by atoms with van der Waals surface area (Å²) in [5.74, 6) is 0.606. The zero-order chi connectivity index (χ0) is 10.9. The number of hydrogen-bond donors (Lipinski definition) is 1. The highest BCUT2D eigenvalue weighted by Gasteiger charge is 2.60. The molecule has 4 fully saturated rings. The molecule has 4 atom stereocenters.